The minimum Gasteiger partial charge on any atom is -0.508 e. The van der Waals surface area contributed by atoms with E-state index in [1.165, 1.54) is 0 Å². The highest BCUT2D eigenvalue weighted by Crippen LogP contribution is 2.35. The van der Waals surface area contributed by atoms with Crippen LogP contribution in [0.4, 0.5) is 0 Å². The fourth-order valence-corrected chi connectivity index (χ4v) is 3.37. The quantitative estimate of drug-likeness (QED) is 0.733. The fourth-order valence-electron chi connectivity index (χ4n) is 3.37. The maximum Gasteiger partial charge on any atom is 0.251 e. The number of nitrogens with two attached hydrogens (primary N) is 1. The summed E-state index contributed by atoms with van der Waals surface area (Å²) in [6, 6.07) is 7.09. The van der Waals surface area contributed by atoms with Gasteiger partial charge in [0, 0.05) is 23.5 Å². The summed E-state index contributed by atoms with van der Waals surface area (Å²) in [5.41, 5.74) is 10.1. The van der Waals surface area contributed by atoms with Gasteiger partial charge in [-0.25, -0.2) is 0 Å². The molecule has 1 amide bonds. The van der Waals surface area contributed by atoms with E-state index < -0.39 is 5.91 Å². The zero-order valence-electron chi connectivity index (χ0n) is 15.8. The molecule has 0 aliphatic carbocycles. The first-order valence-electron chi connectivity index (χ1n) is 9.17. The van der Waals surface area contributed by atoms with Crippen molar-refractivity contribution in [2.45, 2.75) is 59.9 Å². The molecule has 25 heavy (non-hydrogen) atoms. The zero-order chi connectivity index (χ0) is 18.6. The summed E-state index contributed by atoms with van der Waals surface area (Å²) >= 11 is 0. The molecule has 1 aromatic heterocycles. The zero-order valence-corrected chi connectivity index (χ0v) is 15.8. The number of aromatic hydroxyl groups is 1. The Bertz CT molecular complexity index is 745. The number of carbonyl (C=O) groups excluding carboxylic acids is 1. The molecule has 1 heterocycles. The summed E-state index contributed by atoms with van der Waals surface area (Å²) in [6.45, 7) is 9.42. The fraction of sp³-hybridized carbons (Fsp3) is 0.476. The van der Waals surface area contributed by atoms with E-state index in [0.29, 0.717) is 11.5 Å². The lowest BCUT2D eigenvalue weighted by atomic mass is 9.97. The van der Waals surface area contributed by atoms with Gasteiger partial charge < -0.3 is 15.4 Å². The highest BCUT2D eigenvalue weighted by atomic mass is 16.3. The summed E-state index contributed by atoms with van der Waals surface area (Å²) < 4.78 is 2.26. The van der Waals surface area contributed by atoms with Gasteiger partial charge in [-0.15, -0.1) is 0 Å². The standard InChI is InChI=1S/C21H30N2O2/c1-5-6-10-18-20(16-8-7-9-17(24)13-16)19(21(22)25)15(4)23(18)12-11-14(2)3/h7-9,13-14,24H,5-6,10-12H2,1-4H3,(H2,22,25). The molecule has 0 saturated carbocycles. The number of phenolic OH excluding ortho intramolecular Hbond substituents is 1. The van der Waals surface area contributed by atoms with E-state index in [-0.39, 0.29) is 5.75 Å². The molecule has 0 fully saturated rings. The van der Waals surface area contributed by atoms with Crippen LogP contribution in [0, 0.1) is 12.8 Å². The van der Waals surface area contributed by atoms with Crippen molar-refractivity contribution in [2.24, 2.45) is 11.7 Å². The van der Waals surface area contributed by atoms with E-state index in [4.69, 9.17) is 5.73 Å². The van der Waals surface area contributed by atoms with Gasteiger partial charge in [-0.2, -0.15) is 0 Å². The smallest absolute Gasteiger partial charge is 0.251 e. The first-order chi connectivity index (χ1) is 11.9. The predicted molar refractivity (Wildman–Crippen MR) is 103 cm³/mol. The molecule has 0 spiro atoms. The Labute approximate surface area is 150 Å². The van der Waals surface area contributed by atoms with Crippen LogP contribution < -0.4 is 5.73 Å². The SMILES string of the molecule is CCCCc1c(-c2cccc(O)c2)c(C(N)=O)c(C)n1CCC(C)C. The number of rotatable bonds is 8. The van der Waals surface area contributed by atoms with E-state index in [9.17, 15) is 9.90 Å². The molecule has 136 valence electrons. The summed E-state index contributed by atoms with van der Waals surface area (Å²) in [5.74, 6) is 0.376. The van der Waals surface area contributed by atoms with Crippen LogP contribution in [-0.4, -0.2) is 15.6 Å². The van der Waals surface area contributed by atoms with Crippen molar-refractivity contribution in [2.75, 3.05) is 0 Å². The second kappa shape index (κ2) is 8.24. The monoisotopic (exact) mass is 342 g/mol. The number of benzene rings is 1. The van der Waals surface area contributed by atoms with Crippen molar-refractivity contribution in [3.8, 4) is 16.9 Å². The van der Waals surface area contributed by atoms with Crippen LogP contribution in [-0.2, 0) is 13.0 Å². The minimum atomic E-state index is -0.406. The van der Waals surface area contributed by atoms with Crippen molar-refractivity contribution in [1.82, 2.24) is 4.57 Å². The number of carbonyl (C=O) groups is 1. The number of primary amides is 1. The molecule has 3 N–H and O–H groups in total. The van der Waals surface area contributed by atoms with E-state index in [1.54, 1.807) is 18.2 Å². The molecule has 1 aromatic carbocycles. The molecule has 0 radical (unpaired) electrons. The van der Waals surface area contributed by atoms with E-state index >= 15 is 0 Å². The second-order valence-corrected chi connectivity index (χ2v) is 7.13. The van der Waals surface area contributed by atoms with Crippen LogP contribution >= 0.6 is 0 Å². The molecule has 0 bridgehead atoms. The lowest BCUT2D eigenvalue weighted by molar-refractivity contribution is 0.1000. The highest BCUT2D eigenvalue weighted by Gasteiger charge is 2.24. The Kier molecular flexibility index (Phi) is 6.29. The number of aromatic nitrogens is 1. The molecule has 2 aromatic rings. The number of nitrogens with zero attached hydrogens (tertiary/aromatic N) is 1. The van der Waals surface area contributed by atoms with Crippen LogP contribution in [0.2, 0.25) is 0 Å². The van der Waals surface area contributed by atoms with Crippen molar-refractivity contribution in [3.05, 3.63) is 41.2 Å². The Hall–Kier alpha value is -2.23. The topological polar surface area (TPSA) is 68.2 Å². The molecule has 4 heteroatoms. The van der Waals surface area contributed by atoms with Gasteiger partial charge in [0.1, 0.15) is 5.75 Å². The van der Waals surface area contributed by atoms with E-state index in [0.717, 1.165) is 54.7 Å². The molecule has 0 unspecified atom stereocenters. The summed E-state index contributed by atoms with van der Waals surface area (Å²) in [5, 5.41) is 9.90. The van der Waals surface area contributed by atoms with Crippen molar-refractivity contribution in [3.63, 3.8) is 0 Å². The molecular formula is C21H30N2O2. The molecule has 0 atom stereocenters. The van der Waals surface area contributed by atoms with Gasteiger partial charge in [0.05, 0.1) is 5.56 Å². The average molecular weight is 342 g/mol. The van der Waals surface area contributed by atoms with Gasteiger partial charge in [0.15, 0.2) is 0 Å². The molecule has 4 nitrogen and oxygen atoms in total. The van der Waals surface area contributed by atoms with Gasteiger partial charge in [-0.3, -0.25) is 4.79 Å². The van der Waals surface area contributed by atoms with E-state index in [1.807, 2.05) is 13.0 Å². The summed E-state index contributed by atoms with van der Waals surface area (Å²) in [7, 11) is 0. The van der Waals surface area contributed by atoms with Crippen LogP contribution in [0.1, 0.15) is 61.8 Å². The third-order valence-corrected chi connectivity index (χ3v) is 4.71. The third kappa shape index (κ3) is 4.25. The summed E-state index contributed by atoms with van der Waals surface area (Å²) in [4.78, 5) is 12.2. The lowest BCUT2D eigenvalue weighted by Crippen LogP contribution is -2.13. The molecule has 0 aliphatic rings. The number of hydrogen-bond donors (Lipinski definition) is 2. The first-order valence-corrected chi connectivity index (χ1v) is 9.17. The summed E-state index contributed by atoms with van der Waals surface area (Å²) in [6.07, 6.45) is 4.08. The number of hydrogen-bond acceptors (Lipinski definition) is 2. The lowest BCUT2D eigenvalue weighted by Gasteiger charge is -2.14. The minimum absolute atomic E-state index is 0.196. The Morgan fingerprint density at radius 3 is 2.60 bits per heavy atom. The van der Waals surface area contributed by atoms with Crippen molar-refractivity contribution in [1.29, 1.82) is 0 Å². The van der Waals surface area contributed by atoms with Crippen LogP contribution in [0.25, 0.3) is 11.1 Å². The molecule has 0 saturated heterocycles. The largest absolute Gasteiger partial charge is 0.508 e. The van der Waals surface area contributed by atoms with Gasteiger partial charge in [-0.1, -0.05) is 39.3 Å². The second-order valence-electron chi connectivity index (χ2n) is 7.13. The Morgan fingerprint density at radius 2 is 2.04 bits per heavy atom. The van der Waals surface area contributed by atoms with Crippen LogP contribution in [0.3, 0.4) is 0 Å². The molecule has 0 aliphatic heterocycles. The van der Waals surface area contributed by atoms with Gasteiger partial charge >= 0.3 is 0 Å². The highest BCUT2D eigenvalue weighted by molar-refractivity contribution is 6.02. The van der Waals surface area contributed by atoms with Gasteiger partial charge in [0.2, 0.25) is 0 Å². The maximum absolute atomic E-state index is 12.2. The van der Waals surface area contributed by atoms with Crippen LogP contribution in [0.5, 0.6) is 5.75 Å². The maximum atomic E-state index is 12.2. The van der Waals surface area contributed by atoms with Crippen molar-refractivity contribution < 1.29 is 9.90 Å². The first kappa shape index (κ1) is 19.1. The predicted octanol–water partition coefficient (Wildman–Crippen LogP) is 4.66. The van der Waals surface area contributed by atoms with Gasteiger partial charge in [-0.05, 0) is 49.8 Å². The third-order valence-electron chi connectivity index (χ3n) is 4.71. The van der Waals surface area contributed by atoms with Gasteiger partial charge in [0.25, 0.3) is 5.91 Å². The normalized spacial score (nSPS) is 11.2. The number of amides is 1. The van der Waals surface area contributed by atoms with Crippen molar-refractivity contribution >= 4 is 5.91 Å². The Balaban J connectivity index is 2.68. The average Bonchev–Trinajstić information content (AvgIpc) is 2.82. The Morgan fingerprint density at radius 1 is 1.32 bits per heavy atom. The molecule has 2 rings (SSSR count). The molecular weight excluding hydrogens is 312 g/mol. The van der Waals surface area contributed by atoms with Crippen LogP contribution in [0.15, 0.2) is 24.3 Å². The van der Waals surface area contributed by atoms with E-state index in [2.05, 4.69) is 25.3 Å². The number of phenols is 1. The number of unbranched alkanes of at least 4 members (excludes halogenated alkanes) is 1.